The van der Waals surface area contributed by atoms with Gasteiger partial charge in [-0.1, -0.05) is 42.3 Å². The van der Waals surface area contributed by atoms with E-state index in [1.165, 1.54) is 4.90 Å². The molecule has 0 aliphatic rings. The fourth-order valence-electron chi connectivity index (χ4n) is 2.95. The summed E-state index contributed by atoms with van der Waals surface area (Å²) in [5.41, 5.74) is 0.872. The topological polar surface area (TPSA) is 67.9 Å². The Morgan fingerprint density at radius 2 is 1.80 bits per heavy atom. The average molecular weight is 453 g/mol. The molecule has 0 saturated carbocycles. The summed E-state index contributed by atoms with van der Waals surface area (Å²) >= 11 is 12.0. The van der Waals surface area contributed by atoms with E-state index < -0.39 is 6.04 Å². The maximum absolute atomic E-state index is 13.1. The lowest BCUT2D eigenvalue weighted by atomic mass is 10.1. The van der Waals surface area contributed by atoms with Crippen LogP contribution >= 0.6 is 23.2 Å². The van der Waals surface area contributed by atoms with Crippen LogP contribution in [0, 0.1) is 0 Å². The lowest BCUT2D eigenvalue weighted by Gasteiger charge is -2.30. The third kappa shape index (κ3) is 6.54. The van der Waals surface area contributed by atoms with Crippen LogP contribution < -0.4 is 14.8 Å². The van der Waals surface area contributed by atoms with Crippen molar-refractivity contribution in [3.05, 3.63) is 58.1 Å². The van der Waals surface area contributed by atoms with Crippen molar-refractivity contribution in [2.75, 3.05) is 20.3 Å². The van der Waals surface area contributed by atoms with Crippen molar-refractivity contribution in [3.63, 3.8) is 0 Å². The van der Waals surface area contributed by atoms with E-state index in [-0.39, 0.29) is 25.0 Å². The van der Waals surface area contributed by atoms with Gasteiger partial charge < -0.3 is 19.7 Å². The Bertz CT molecular complexity index is 859. The maximum atomic E-state index is 13.1. The van der Waals surface area contributed by atoms with Crippen molar-refractivity contribution in [2.24, 2.45) is 0 Å². The Morgan fingerprint density at radius 3 is 2.37 bits per heavy atom. The van der Waals surface area contributed by atoms with Gasteiger partial charge in [-0.2, -0.15) is 0 Å². The zero-order valence-electron chi connectivity index (χ0n) is 17.3. The molecule has 0 aliphatic carbocycles. The highest BCUT2D eigenvalue weighted by molar-refractivity contribution is 6.35. The monoisotopic (exact) mass is 452 g/mol. The number of hydrogen-bond acceptors (Lipinski definition) is 4. The summed E-state index contributed by atoms with van der Waals surface area (Å²) in [5, 5.41) is 3.58. The number of halogens is 2. The predicted octanol–water partition coefficient (Wildman–Crippen LogP) is 4.32. The first-order valence-corrected chi connectivity index (χ1v) is 10.4. The van der Waals surface area contributed by atoms with Gasteiger partial charge in [0, 0.05) is 18.1 Å². The first kappa shape index (κ1) is 23.8. The Morgan fingerprint density at radius 1 is 1.10 bits per heavy atom. The third-order valence-electron chi connectivity index (χ3n) is 4.49. The number of methoxy groups -OCH3 is 1. The van der Waals surface area contributed by atoms with E-state index >= 15 is 0 Å². The zero-order valence-corrected chi connectivity index (χ0v) is 18.8. The predicted molar refractivity (Wildman–Crippen MR) is 118 cm³/mol. The van der Waals surface area contributed by atoms with Gasteiger partial charge in [0.1, 0.15) is 17.5 Å². The van der Waals surface area contributed by atoms with Gasteiger partial charge in [-0.15, -0.1) is 0 Å². The quantitative estimate of drug-likeness (QED) is 0.582. The SMILES string of the molecule is CCNC(=O)C(CC)N(Cc1ccc(OC)cc1)C(=O)COc1ccc(Cl)cc1Cl. The lowest BCUT2D eigenvalue weighted by molar-refractivity contribution is -0.142. The van der Waals surface area contributed by atoms with E-state index in [1.807, 2.05) is 38.1 Å². The van der Waals surface area contributed by atoms with E-state index in [4.69, 9.17) is 32.7 Å². The largest absolute Gasteiger partial charge is 0.497 e. The molecule has 0 aliphatic heterocycles. The smallest absolute Gasteiger partial charge is 0.261 e. The molecule has 0 spiro atoms. The minimum Gasteiger partial charge on any atom is -0.497 e. The van der Waals surface area contributed by atoms with Crippen LogP contribution in [0.5, 0.6) is 11.5 Å². The van der Waals surface area contributed by atoms with Crippen molar-refractivity contribution in [2.45, 2.75) is 32.9 Å². The molecular weight excluding hydrogens is 427 g/mol. The third-order valence-corrected chi connectivity index (χ3v) is 5.02. The first-order chi connectivity index (χ1) is 14.4. The van der Waals surface area contributed by atoms with Crippen LogP contribution in [0.3, 0.4) is 0 Å². The standard InChI is InChI=1S/C22H26Cl2N2O4/c1-4-19(22(28)25-5-2)26(13-15-6-9-17(29-3)10-7-15)21(27)14-30-20-11-8-16(23)12-18(20)24/h6-12,19H,4-5,13-14H2,1-3H3,(H,25,28). The molecule has 2 amide bonds. The minimum atomic E-state index is -0.621. The first-order valence-electron chi connectivity index (χ1n) is 9.67. The summed E-state index contributed by atoms with van der Waals surface area (Å²) in [6, 6.07) is 11.5. The normalized spacial score (nSPS) is 11.5. The molecule has 6 nitrogen and oxygen atoms in total. The van der Waals surface area contributed by atoms with Gasteiger partial charge in [0.25, 0.3) is 5.91 Å². The number of rotatable bonds is 10. The Balaban J connectivity index is 2.21. The number of carbonyl (C=O) groups excluding carboxylic acids is 2. The molecule has 0 heterocycles. The second kappa shape index (κ2) is 11.7. The molecule has 30 heavy (non-hydrogen) atoms. The van der Waals surface area contributed by atoms with Crippen molar-refractivity contribution in [3.8, 4) is 11.5 Å². The van der Waals surface area contributed by atoms with Crippen molar-refractivity contribution in [1.29, 1.82) is 0 Å². The van der Waals surface area contributed by atoms with Gasteiger partial charge in [0.2, 0.25) is 5.91 Å². The van der Waals surface area contributed by atoms with Gasteiger partial charge in [-0.3, -0.25) is 9.59 Å². The number of benzene rings is 2. The number of nitrogens with zero attached hydrogens (tertiary/aromatic N) is 1. The summed E-state index contributed by atoms with van der Waals surface area (Å²) in [6.45, 7) is 4.19. The highest BCUT2D eigenvalue weighted by Gasteiger charge is 2.28. The van der Waals surface area contributed by atoms with Gasteiger partial charge in [0.15, 0.2) is 6.61 Å². The van der Waals surface area contributed by atoms with E-state index in [1.54, 1.807) is 25.3 Å². The van der Waals surface area contributed by atoms with E-state index in [0.29, 0.717) is 34.5 Å². The summed E-state index contributed by atoms with van der Waals surface area (Å²) < 4.78 is 10.8. The second-order valence-electron chi connectivity index (χ2n) is 6.55. The molecule has 2 aromatic rings. The molecular formula is C22H26Cl2N2O4. The lowest BCUT2D eigenvalue weighted by Crippen LogP contribution is -2.50. The van der Waals surface area contributed by atoms with Gasteiger partial charge in [-0.05, 0) is 49.2 Å². The number of carbonyl (C=O) groups is 2. The average Bonchev–Trinajstić information content (AvgIpc) is 2.73. The van der Waals surface area contributed by atoms with E-state index in [0.717, 1.165) is 5.56 Å². The van der Waals surface area contributed by atoms with Crippen molar-refractivity contribution in [1.82, 2.24) is 10.2 Å². The molecule has 0 radical (unpaired) electrons. The maximum Gasteiger partial charge on any atom is 0.261 e. The number of amides is 2. The summed E-state index contributed by atoms with van der Waals surface area (Å²) in [4.78, 5) is 27.2. The van der Waals surface area contributed by atoms with Crippen LogP contribution in [0.25, 0.3) is 0 Å². The molecule has 8 heteroatoms. The van der Waals surface area contributed by atoms with Gasteiger partial charge in [0.05, 0.1) is 12.1 Å². The molecule has 0 bridgehead atoms. The molecule has 2 aromatic carbocycles. The number of likely N-dealkylation sites (N-methyl/N-ethyl adjacent to an activating group) is 1. The Kier molecular flexibility index (Phi) is 9.27. The molecule has 162 valence electrons. The molecule has 0 saturated heterocycles. The fourth-order valence-corrected chi connectivity index (χ4v) is 3.42. The fraction of sp³-hybridized carbons (Fsp3) is 0.364. The molecule has 1 unspecified atom stereocenters. The van der Waals surface area contributed by atoms with Crippen LogP contribution in [0.4, 0.5) is 0 Å². The van der Waals surface area contributed by atoms with Gasteiger partial charge >= 0.3 is 0 Å². The summed E-state index contributed by atoms with van der Waals surface area (Å²) in [6.07, 6.45) is 0.468. The highest BCUT2D eigenvalue weighted by Crippen LogP contribution is 2.27. The molecule has 0 fully saturated rings. The van der Waals surface area contributed by atoms with E-state index in [2.05, 4.69) is 5.32 Å². The van der Waals surface area contributed by atoms with Crippen LogP contribution in [-0.4, -0.2) is 43.0 Å². The van der Waals surface area contributed by atoms with Crippen LogP contribution in [0.15, 0.2) is 42.5 Å². The number of ether oxygens (including phenoxy) is 2. The van der Waals surface area contributed by atoms with Crippen LogP contribution in [0.1, 0.15) is 25.8 Å². The number of hydrogen-bond donors (Lipinski definition) is 1. The highest BCUT2D eigenvalue weighted by atomic mass is 35.5. The molecule has 1 atom stereocenters. The molecule has 0 aromatic heterocycles. The zero-order chi connectivity index (χ0) is 22.1. The molecule has 2 rings (SSSR count). The minimum absolute atomic E-state index is 0.202. The van der Waals surface area contributed by atoms with Crippen molar-refractivity contribution < 1.29 is 19.1 Å². The van der Waals surface area contributed by atoms with Crippen LogP contribution in [-0.2, 0) is 16.1 Å². The van der Waals surface area contributed by atoms with Crippen molar-refractivity contribution >= 4 is 35.0 Å². The Hall–Kier alpha value is -2.44. The number of nitrogens with one attached hydrogen (secondary N) is 1. The van der Waals surface area contributed by atoms with Gasteiger partial charge in [-0.25, -0.2) is 0 Å². The molecule has 1 N–H and O–H groups in total. The van der Waals surface area contributed by atoms with Crippen LogP contribution in [0.2, 0.25) is 10.0 Å². The van der Waals surface area contributed by atoms with E-state index in [9.17, 15) is 9.59 Å². The second-order valence-corrected chi connectivity index (χ2v) is 7.40. The summed E-state index contributed by atoms with van der Waals surface area (Å²) in [7, 11) is 1.59. The Labute approximate surface area is 187 Å². The summed E-state index contributed by atoms with van der Waals surface area (Å²) in [5.74, 6) is 0.541.